The van der Waals surface area contributed by atoms with Crippen LogP contribution >= 0.6 is 0 Å². The number of aromatic nitrogens is 5. The molecule has 0 aliphatic carbocycles. The summed E-state index contributed by atoms with van der Waals surface area (Å²) in [6.07, 6.45) is 8.87. The Labute approximate surface area is 123 Å². The van der Waals surface area contributed by atoms with Crippen molar-refractivity contribution in [2.24, 2.45) is 5.73 Å². The Balaban J connectivity index is 1.89. The minimum Gasteiger partial charge on any atom is -0.324 e. The van der Waals surface area contributed by atoms with Crippen LogP contribution in [0.2, 0.25) is 0 Å². The Morgan fingerprint density at radius 3 is 2.90 bits per heavy atom. The van der Waals surface area contributed by atoms with Gasteiger partial charge in [-0.25, -0.2) is 4.52 Å². The summed E-state index contributed by atoms with van der Waals surface area (Å²) >= 11 is 0. The van der Waals surface area contributed by atoms with Gasteiger partial charge in [-0.2, -0.15) is 10.2 Å². The van der Waals surface area contributed by atoms with Crippen molar-refractivity contribution in [1.82, 2.24) is 24.4 Å². The van der Waals surface area contributed by atoms with E-state index >= 15 is 0 Å². The highest BCUT2D eigenvalue weighted by atomic mass is 15.3. The van der Waals surface area contributed by atoms with Gasteiger partial charge in [0.25, 0.3) is 0 Å². The van der Waals surface area contributed by atoms with Crippen molar-refractivity contribution in [3.05, 3.63) is 47.8 Å². The Morgan fingerprint density at radius 2 is 2.14 bits per heavy atom. The second kappa shape index (κ2) is 5.65. The van der Waals surface area contributed by atoms with Gasteiger partial charge >= 0.3 is 0 Å². The van der Waals surface area contributed by atoms with Crippen molar-refractivity contribution in [2.75, 3.05) is 0 Å². The average Bonchev–Trinajstić information content (AvgIpc) is 3.10. The van der Waals surface area contributed by atoms with Crippen LogP contribution in [0.1, 0.15) is 36.8 Å². The first-order chi connectivity index (χ1) is 10.2. The van der Waals surface area contributed by atoms with Gasteiger partial charge in [-0.3, -0.25) is 9.67 Å². The molecular formula is C15H20N6. The molecule has 6 heteroatoms. The largest absolute Gasteiger partial charge is 0.324 e. The fourth-order valence-corrected chi connectivity index (χ4v) is 2.60. The predicted molar refractivity (Wildman–Crippen MR) is 80.9 cm³/mol. The summed E-state index contributed by atoms with van der Waals surface area (Å²) in [4.78, 5) is 4.15. The van der Waals surface area contributed by atoms with Gasteiger partial charge in [0, 0.05) is 42.7 Å². The first-order valence-electron chi connectivity index (χ1n) is 7.31. The van der Waals surface area contributed by atoms with Crippen LogP contribution < -0.4 is 5.73 Å². The van der Waals surface area contributed by atoms with E-state index in [9.17, 15) is 0 Å². The molecule has 1 atom stereocenters. The lowest BCUT2D eigenvalue weighted by Gasteiger charge is -2.11. The van der Waals surface area contributed by atoms with Crippen LogP contribution in [-0.2, 0) is 19.4 Å². The van der Waals surface area contributed by atoms with E-state index < -0.39 is 0 Å². The lowest BCUT2D eigenvalue weighted by atomic mass is 10.0. The van der Waals surface area contributed by atoms with Crippen LogP contribution in [-0.4, -0.2) is 24.4 Å². The molecule has 110 valence electrons. The molecule has 0 aliphatic heterocycles. The van der Waals surface area contributed by atoms with E-state index in [1.165, 1.54) is 5.69 Å². The maximum absolute atomic E-state index is 6.39. The summed E-state index contributed by atoms with van der Waals surface area (Å²) < 4.78 is 3.83. The van der Waals surface area contributed by atoms with Crippen LogP contribution in [0.5, 0.6) is 0 Å². The molecule has 21 heavy (non-hydrogen) atoms. The number of rotatable bonds is 5. The molecule has 2 N–H and O–H groups in total. The number of nitrogens with two attached hydrogens (primary N) is 1. The van der Waals surface area contributed by atoms with E-state index in [0.29, 0.717) is 0 Å². The van der Waals surface area contributed by atoms with E-state index in [4.69, 9.17) is 5.73 Å². The van der Waals surface area contributed by atoms with Crippen molar-refractivity contribution in [3.8, 4) is 0 Å². The highest BCUT2D eigenvalue weighted by Gasteiger charge is 2.16. The fourth-order valence-electron chi connectivity index (χ4n) is 2.60. The van der Waals surface area contributed by atoms with E-state index in [2.05, 4.69) is 35.1 Å². The molecule has 3 rings (SSSR count). The van der Waals surface area contributed by atoms with Crippen molar-refractivity contribution < 1.29 is 0 Å². The molecule has 0 amide bonds. The van der Waals surface area contributed by atoms with E-state index in [1.54, 1.807) is 16.9 Å². The molecule has 0 radical (unpaired) electrons. The Morgan fingerprint density at radius 1 is 1.29 bits per heavy atom. The van der Waals surface area contributed by atoms with Gasteiger partial charge < -0.3 is 5.73 Å². The second-order valence-electron chi connectivity index (χ2n) is 5.11. The third kappa shape index (κ3) is 2.54. The smallest absolute Gasteiger partial charge is 0.0892 e. The molecular weight excluding hydrogens is 264 g/mol. The first kappa shape index (κ1) is 13.8. The third-order valence-electron chi connectivity index (χ3n) is 3.76. The van der Waals surface area contributed by atoms with Crippen LogP contribution in [0.25, 0.3) is 5.52 Å². The van der Waals surface area contributed by atoms with Crippen molar-refractivity contribution in [2.45, 2.75) is 39.3 Å². The number of aryl methyl sites for hydroxylation is 2. The zero-order valence-corrected chi connectivity index (χ0v) is 12.4. The van der Waals surface area contributed by atoms with Gasteiger partial charge in [-0.15, -0.1) is 0 Å². The van der Waals surface area contributed by atoms with Crippen molar-refractivity contribution >= 4 is 5.52 Å². The lowest BCUT2D eigenvalue weighted by molar-refractivity contribution is 0.586. The SMILES string of the molecule is CCc1cc(CC(N)c2cnn3ccncc23)n(CC)n1. The molecule has 0 fully saturated rings. The Hall–Kier alpha value is -2.21. The summed E-state index contributed by atoms with van der Waals surface area (Å²) in [5.41, 5.74) is 10.7. The summed E-state index contributed by atoms with van der Waals surface area (Å²) in [5.74, 6) is 0. The molecule has 3 aromatic heterocycles. The maximum Gasteiger partial charge on any atom is 0.0892 e. The predicted octanol–water partition coefficient (Wildman–Crippen LogP) is 1.75. The Kier molecular flexibility index (Phi) is 3.70. The van der Waals surface area contributed by atoms with Crippen molar-refractivity contribution in [3.63, 3.8) is 0 Å². The maximum atomic E-state index is 6.39. The van der Waals surface area contributed by atoms with Gasteiger partial charge in [0.05, 0.1) is 23.6 Å². The van der Waals surface area contributed by atoms with Crippen LogP contribution in [0.4, 0.5) is 0 Å². The van der Waals surface area contributed by atoms with Crippen LogP contribution in [0.3, 0.4) is 0 Å². The van der Waals surface area contributed by atoms with Crippen molar-refractivity contribution in [1.29, 1.82) is 0 Å². The topological polar surface area (TPSA) is 74.0 Å². The van der Waals surface area contributed by atoms with E-state index in [-0.39, 0.29) is 6.04 Å². The minimum absolute atomic E-state index is 0.113. The zero-order valence-electron chi connectivity index (χ0n) is 12.4. The second-order valence-corrected chi connectivity index (χ2v) is 5.11. The van der Waals surface area contributed by atoms with Gasteiger partial charge in [0.15, 0.2) is 0 Å². The molecule has 0 saturated carbocycles. The van der Waals surface area contributed by atoms with E-state index in [0.717, 1.165) is 36.2 Å². The summed E-state index contributed by atoms with van der Waals surface area (Å²) in [6, 6.07) is 2.03. The van der Waals surface area contributed by atoms with Gasteiger partial charge in [-0.1, -0.05) is 6.92 Å². The van der Waals surface area contributed by atoms with Crippen LogP contribution in [0.15, 0.2) is 30.9 Å². The molecule has 0 bridgehead atoms. The summed E-state index contributed by atoms with van der Waals surface area (Å²) in [6.45, 7) is 5.07. The monoisotopic (exact) mass is 284 g/mol. The van der Waals surface area contributed by atoms with E-state index in [1.807, 2.05) is 17.1 Å². The minimum atomic E-state index is -0.113. The standard InChI is InChI=1S/C15H20N6/c1-3-11-7-12(20(4-2)19-11)8-14(16)13-9-18-21-6-5-17-10-15(13)21/h5-7,9-10,14H,3-4,8,16H2,1-2H3. The number of fused-ring (bicyclic) bond motifs is 1. The normalized spacial score (nSPS) is 12.9. The molecule has 3 heterocycles. The highest BCUT2D eigenvalue weighted by molar-refractivity contribution is 5.53. The third-order valence-corrected chi connectivity index (χ3v) is 3.76. The highest BCUT2D eigenvalue weighted by Crippen LogP contribution is 2.21. The molecule has 0 spiro atoms. The molecule has 1 unspecified atom stereocenters. The average molecular weight is 284 g/mol. The molecule has 0 aliphatic rings. The van der Waals surface area contributed by atoms with Crippen LogP contribution in [0, 0.1) is 0 Å². The van der Waals surface area contributed by atoms with Gasteiger partial charge in [0.1, 0.15) is 0 Å². The fraction of sp³-hybridized carbons (Fsp3) is 0.400. The summed E-state index contributed by atoms with van der Waals surface area (Å²) in [7, 11) is 0. The quantitative estimate of drug-likeness (QED) is 0.774. The summed E-state index contributed by atoms with van der Waals surface area (Å²) in [5, 5.41) is 8.89. The number of hydrogen-bond donors (Lipinski definition) is 1. The van der Waals surface area contributed by atoms with Gasteiger partial charge in [0.2, 0.25) is 0 Å². The number of hydrogen-bond acceptors (Lipinski definition) is 4. The van der Waals surface area contributed by atoms with Gasteiger partial charge in [-0.05, 0) is 19.4 Å². The molecule has 6 nitrogen and oxygen atoms in total. The first-order valence-corrected chi connectivity index (χ1v) is 7.31. The zero-order chi connectivity index (χ0) is 14.8. The lowest BCUT2D eigenvalue weighted by Crippen LogP contribution is -2.16. The Bertz CT molecular complexity index is 742. The molecule has 3 aromatic rings. The molecule has 0 aromatic carbocycles. The molecule has 0 saturated heterocycles. The number of nitrogens with zero attached hydrogens (tertiary/aromatic N) is 5.